The minimum Gasteiger partial charge on any atom is -0.493 e. The number of hydrogen-bond donors (Lipinski definition) is 0. The summed E-state index contributed by atoms with van der Waals surface area (Å²) in [6.45, 7) is 3.62. The van der Waals surface area contributed by atoms with Gasteiger partial charge in [-0.2, -0.15) is 0 Å². The van der Waals surface area contributed by atoms with E-state index in [0.717, 1.165) is 6.07 Å². The van der Waals surface area contributed by atoms with Crippen LogP contribution in [-0.2, 0) is 0 Å². The molecule has 20 heavy (non-hydrogen) atoms. The summed E-state index contributed by atoms with van der Waals surface area (Å²) in [4.78, 5) is 12.4. The minimum atomic E-state index is -0.871. The van der Waals surface area contributed by atoms with Crippen molar-refractivity contribution in [2.75, 3.05) is 6.61 Å². The number of hydrogen-bond acceptors (Lipinski definition) is 2. The molecule has 4 heteroatoms. The van der Waals surface area contributed by atoms with Gasteiger partial charge in [0.15, 0.2) is 0 Å². The molecule has 2 nitrogen and oxygen atoms in total. The van der Waals surface area contributed by atoms with Crippen molar-refractivity contribution < 1.29 is 18.3 Å². The van der Waals surface area contributed by atoms with E-state index in [1.165, 1.54) is 19.1 Å². The molecule has 104 valence electrons. The summed E-state index contributed by atoms with van der Waals surface area (Å²) in [6.07, 6.45) is 0. The number of para-hydroxylation sites is 1. The lowest BCUT2D eigenvalue weighted by Gasteiger charge is -2.11. The third kappa shape index (κ3) is 2.54. The van der Waals surface area contributed by atoms with Crippen molar-refractivity contribution in [2.24, 2.45) is 0 Å². The molecule has 0 aliphatic rings. The lowest BCUT2D eigenvalue weighted by Crippen LogP contribution is -2.10. The van der Waals surface area contributed by atoms with E-state index in [1.807, 2.05) is 0 Å². The fraction of sp³-hybridized carbons (Fsp3) is 0.188. The molecule has 0 bridgehead atoms. The fourth-order valence-corrected chi connectivity index (χ4v) is 1.94. The molecule has 0 saturated carbocycles. The van der Waals surface area contributed by atoms with E-state index in [2.05, 4.69) is 0 Å². The van der Waals surface area contributed by atoms with Crippen molar-refractivity contribution in [1.82, 2.24) is 0 Å². The number of carbonyl (C=O) groups excluding carboxylic acids is 1. The van der Waals surface area contributed by atoms with Gasteiger partial charge in [0.25, 0.3) is 0 Å². The topological polar surface area (TPSA) is 26.3 Å². The zero-order valence-corrected chi connectivity index (χ0v) is 11.2. The Labute approximate surface area is 116 Å². The van der Waals surface area contributed by atoms with Crippen molar-refractivity contribution in [3.63, 3.8) is 0 Å². The third-order valence-electron chi connectivity index (χ3n) is 2.94. The van der Waals surface area contributed by atoms with E-state index in [9.17, 15) is 13.6 Å². The maximum atomic E-state index is 14.0. The van der Waals surface area contributed by atoms with Gasteiger partial charge in [-0.05, 0) is 37.6 Å². The predicted molar refractivity (Wildman–Crippen MR) is 72.1 cm³/mol. The van der Waals surface area contributed by atoms with Crippen LogP contribution in [0.25, 0.3) is 0 Å². The van der Waals surface area contributed by atoms with Crippen LogP contribution in [0.4, 0.5) is 8.78 Å². The zero-order valence-electron chi connectivity index (χ0n) is 11.2. The molecule has 0 fully saturated rings. The molecule has 0 aliphatic carbocycles. The highest BCUT2D eigenvalue weighted by Gasteiger charge is 2.22. The molecule has 0 heterocycles. The summed E-state index contributed by atoms with van der Waals surface area (Å²) >= 11 is 0. The number of aryl methyl sites for hydroxylation is 1. The monoisotopic (exact) mass is 276 g/mol. The Kier molecular flexibility index (Phi) is 4.13. The zero-order chi connectivity index (χ0) is 14.7. The van der Waals surface area contributed by atoms with Gasteiger partial charge in [-0.15, -0.1) is 0 Å². The first kappa shape index (κ1) is 14.2. The van der Waals surface area contributed by atoms with E-state index in [1.54, 1.807) is 25.1 Å². The predicted octanol–water partition coefficient (Wildman–Crippen LogP) is 3.90. The van der Waals surface area contributed by atoms with Crippen LogP contribution >= 0.6 is 0 Å². The van der Waals surface area contributed by atoms with Crippen LogP contribution in [-0.4, -0.2) is 12.4 Å². The van der Waals surface area contributed by atoms with E-state index >= 15 is 0 Å². The highest BCUT2D eigenvalue weighted by atomic mass is 19.1. The third-order valence-corrected chi connectivity index (χ3v) is 2.94. The minimum absolute atomic E-state index is 0.151. The standard InChI is InChI=1S/C16H14F2O2/c1-3-20-13-7-5-4-6-11(13)16(19)14-12(17)9-8-10(2)15(14)18/h4-9H,3H2,1-2H3. The normalized spacial score (nSPS) is 10.4. The summed E-state index contributed by atoms with van der Waals surface area (Å²) < 4.78 is 33.1. The van der Waals surface area contributed by atoms with Gasteiger partial charge >= 0.3 is 0 Å². The number of carbonyl (C=O) groups is 1. The van der Waals surface area contributed by atoms with Crippen molar-refractivity contribution in [3.05, 3.63) is 64.7 Å². The first-order chi connectivity index (χ1) is 9.56. The van der Waals surface area contributed by atoms with Gasteiger partial charge in [-0.1, -0.05) is 18.2 Å². The van der Waals surface area contributed by atoms with Crippen LogP contribution < -0.4 is 4.74 Å². The van der Waals surface area contributed by atoms with E-state index < -0.39 is 23.0 Å². The Hall–Kier alpha value is -2.23. The summed E-state index contributed by atoms with van der Waals surface area (Å²) in [5, 5.41) is 0. The highest BCUT2D eigenvalue weighted by molar-refractivity contribution is 6.11. The molecule has 0 aromatic heterocycles. The second kappa shape index (κ2) is 5.82. The summed E-state index contributed by atoms with van der Waals surface area (Å²) in [5.74, 6) is -2.10. The van der Waals surface area contributed by atoms with Gasteiger partial charge in [0, 0.05) is 0 Å². The van der Waals surface area contributed by atoms with Gasteiger partial charge in [0.2, 0.25) is 5.78 Å². The smallest absolute Gasteiger partial charge is 0.202 e. The Morgan fingerprint density at radius 2 is 1.85 bits per heavy atom. The van der Waals surface area contributed by atoms with Crippen molar-refractivity contribution in [1.29, 1.82) is 0 Å². The number of ketones is 1. The molecule has 0 spiro atoms. The first-order valence-electron chi connectivity index (χ1n) is 6.27. The van der Waals surface area contributed by atoms with Gasteiger partial charge in [0.1, 0.15) is 17.4 Å². The summed E-state index contributed by atoms with van der Waals surface area (Å²) in [7, 11) is 0. The van der Waals surface area contributed by atoms with Crippen molar-refractivity contribution >= 4 is 5.78 Å². The Bertz CT molecular complexity index is 651. The number of benzene rings is 2. The van der Waals surface area contributed by atoms with Gasteiger partial charge in [-0.3, -0.25) is 4.79 Å². The quantitative estimate of drug-likeness (QED) is 0.792. The Balaban J connectivity index is 2.55. The molecule has 2 aromatic carbocycles. The Morgan fingerprint density at radius 1 is 1.15 bits per heavy atom. The lowest BCUT2D eigenvalue weighted by molar-refractivity contribution is 0.102. The highest BCUT2D eigenvalue weighted by Crippen LogP contribution is 2.25. The summed E-state index contributed by atoms with van der Waals surface area (Å²) in [6, 6.07) is 8.81. The van der Waals surface area contributed by atoms with Gasteiger partial charge in [-0.25, -0.2) is 8.78 Å². The SMILES string of the molecule is CCOc1ccccc1C(=O)c1c(F)ccc(C)c1F. The molecule has 0 saturated heterocycles. The molecule has 0 unspecified atom stereocenters. The Morgan fingerprint density at radius 3 is 2.55 bits per heavy atom. The van der Waals surface area contributed by atoms with Crippen LogP contribution in [0.2, 0.25) is 0 Å². The van der Waals surface area contributed by atoms with Gasteiger partial charge < -0.3 is 4.74 Å². The van der Waals surface area contributed by atoms with Crippen LogP contribution in [0.5, 0.6) is 5.75 Å². The molecular formula is C16H14F2O2. The number of rotatable bonds is 4. The van der Waals surface area contributed by atoms with E-state index in [4.69, 9.17) is 4.74 Å². The average Bonchev–Trinajstić information content (AvgIpc) is 2.44. The molecular weight excluding hydrogens is 262 g/mol. The summed E-state index contributed by atoms with van der Waals surface area (Å²) in [5.41, 5.74) is -0.168. The molecule has 0 N–H and O–H groups in total. The van der Waals surface area contributed by atoms with Crippen molar-refractivity contribution in [2.45, 2.75) is 13.8 Å². The molecule has 0 atom stereocenters. The van der Waals surface area contributed by atoms with Crippen molar-refractivity contribution in [3.8, 4) is 5.75 Å². The second-order valence-corrected chi connectivity index (χ2v) is 4.31. The number of halogens is 2. The van der Waals surface area contributed by atoms with E-state index in [-0.39, 0.29) is 11.1 Å². The fourth-order valence-electron chi connectivity index (χ4n) is 1.94. The first-order valence-corrected chi connectivity index (χ1v) is 6.27. The molecule has 2 rings (SSSR count). The average molecular weight is 276 g/mol. The van der Waals surface area contributed by atoms with Crippen LogP contribution in [0.3, 0.4) is 0 Å². The van der Waals surface area contributed by atoms with Crippen LogP contribution in [0, 0.1) is 18.6 Å². The van der Waals surface area contributed by atoms with Crippen LogP contribution in [0.15, 0.2) is 36.4 Å². The molecule has 0 radical (unpaired) electrons. The molecule has 2 aromatic rings. The number of ether oxygens (including phenoxy) is 1. The van der Waals surface area contributed by atoms with E-state index in [0.29, 0.717) is 12.4 Å². The largest absolute Gasteiger partial charge is 0.493 e. The lowest BCUT2D eigenvalue weighted by atomic mass is 9.99. The molecule has 0 aliphatic heterocycles. The van der Waals surface area contributed by atoms with Gasteiger partial charge in [0.05, 0.1) is 17.7 Å². The second-order valence-electron chi connectivity index (χ2n) is 4.31. The maximum absolute atomic E-state index is 14.0. The maximum Gasteiger partial charge on any atom is 0.202 e. The molecule has 0 amide bonds. The van der Waals surface area contributed by atoms with Crippen LogP contribution in [0.1, 0.15) is 28.4 Å².